The molecule has 1 saturated carbocycles. The van der Waals surface area contributed by atoms with Crippen LogP contribution >= 0.6 is 0 Å². The molecule has 1 aromatic rings. The molecule has 4 N–H and O–H groups in total. The third-order valence-corrected chi connectivity index (χ3v) is 3.56. The number of hydrogen-bond acceptors (Lipinski definition) is 3. The summed E-state index contributed by atoms with van der Waals surface area (Å²) in [6.45, 7) is 2.60. The van der Waals surface area contributed by atoms with Crippen LogP contribution < -0.4 is 11.1 Å². The van der Waals surface area contributed by atoms with Crippen molar-refractivity contribution in [2.75, 3.05) is 6.54 Å². The quantitative estimate of drug-likeness (QED) is 0.322. The Morgan fingerprint density at radius 2 is 2.26 bits per heavy atom. The highest BCUT2D eigenvalue weighted by Gasteiger charge is 2.54. The minimum atomic E-state index is -0.763. The molecule has 1 aromatic carbocycles. The number of aryl methyl sites for hydroxylation is 1. The van der Waals surface area contributed by atoms with Crippen LogP contribution in [0.2, 0.25) is 0 Å². The predicted octanol–water partition coefficient (Wildman–Crippen LogP) is 1.18. The molecule has 0 saturated heterocycles. The Balaban J connectivity index is 1.85. The van der Waals surface area contributed by atoms with Gasteiger partial charge in [0.25, 0.3) is 0 Å². The molecule has 0 bridgehead atoms. The average molecular weight is 261 g/mol. The van der Waals surface area contributed by atoms with Gasteiger partial charge in [-0.1, -0.05) is 35.0 Å². The van der Waals surface area contributed by atoms with Crippen molar-refractivity contribution in [1.82, 2.24) is 5.32 Å². The first-order chi connectivity index (χ1) is 9.08. The van der Waals surface area contributed by atoms with Gasteiger partial charge in [0.05, 0.1) is 0 Å². The molecule has 0 aliphatic heterocycles. The fourth-order valence-corrected chi connectivity index (χ4v) is 2.18. The molecular formula is C14H19N3O2. The minimum absolute atomic E-state index is 0.0144. The molecule has 0 spiro atoms. The van der Waals surface area contributed by atoms with Gasteiger partial charge >= 0.3 is 0 Å². The molecule has 0 radical (unpaired) electrons. The van der Waals surface area contributed by atoms with Gasteiger partial charge in [0, 0.05) is 6.54 Å². The minimum Gasteiger partial charge on any atom is -0.409 e. The van der Waals surface area contributed by atoms with Gasteiger partial charge in [-0.3, -0.25) is 4.79 Å². The number of nitrogens with zero attached hydrogens (tertiary/aromatic N) is 1. The van der Waals surface area contributed by atoms with Crippen LogP contribution in [0.5, 0.6) is 0 Å². The average Bonchev–Trinajstić information content (AvgIpc) is 3.19. The van der Waals surface area contributed by atoms with Gasteiger partial charge in [-0.05, 0) is 31.7 Å². The first-order valence-corrected chi connectivity index (χ1v) is 6.40. The Morgan fingerprint density at radius 1 is 1.53 bits per heavy atom. The number of rotatable bonds is 5. The lowest BCUT2D eigenvalue weighted by Crippen LogP contribution is -2.41. The van der Waals surface area contributed by atoms with E-state index in [0.717, 1.165) is 6.42 Å². The lowest BCUT2D eigenvalue weighted by atomic mass is 10.0. The molecule has 5 nitrogen and oxygen atoms in total. The van der Waals surface area contributed by atoms with Crippen LogP contribution in [0.3, 0.4) is 0 Å². The largest absolute Gasteiger partial charge is 0.409 e. The van der Waals surface area contributed by atoms with Crippen LogP contribution in [0.25, 0.3) is 0 Å². The molecule has 5 heteroatoms. The number of carbonyl (C=O) groups excluding carboxylic acids is 1. The number of benzene rings is 1. The van der Waals surface area contributed by atoms with E-state index < -0.39 is 5.41 Å². The lowest BCUT2D eigenvalue weighted by Gasteiger charge is -2.13. The van der Waals surface area contributed by atoms with Crippen LogP contribution in [-0.2, 0) is 11.2 Å². The fourth-order valence-electron chi connectivity index (χ4n) is 2.18. The second-order valence-corrected chi connectivity index (χ2v) is 5.06. The maximum Gasteiger partial charge on any atom is 0.233 e. The third kappa shape index (κ3) is 2.86. The van der Waals surface area contributed by atoms with Crippen molar-refractivity contribution in [3.63, 3.8) is 0 Å². The van der Waals surface area contributed by atoms with Gasteiger partial charge in [0.1, 0.15) is 5.41 Å². The van der Waals surface area contributed by atoms with Crippen molar-refractivity contribution in [3.05, 3.63) is 35.4 Å². The van der Waals surface area contributed by atoms with Gasteiger partial charge in [-0.15, -0.1) is 0 Å². The molecule has 1 aliphatic rings. The summed E-state index contributed by atoms with van der Waals surface area (Å²) in [6.07, 6.45) is 2.08. The highest BCUT2D eigenvalue weighted by atomic mass is 16.4. The summed E-state index contributed by atoms with van der Waals surface area (Å²) in [6, 6.07) is 8.18. The first-order valence-electron chi connectivity index (χ1n) is 6.40. The van der Waals surface area contributed by atoms with E-state index in [1.807, 2.05) is 25.1 Å². The zero-order valence-corrected chi connectivity index (χ0v) is 11.0. The number of carbonyl (C=O) groups is 1. The summed E-state index contributed by atoms with van der Waals surface area (Å²) in [5.41, 5.74) is 7.19. The van der Waals surface area contributed by atoms with E-state index in [1.54, 1.807) is 0 Å². The van der Waals surface area contributed by atoms with E-state index in [2.05, 4.69) is 16.5 Å². The number of oxime groups is 1. The number of nitrogens with two attached hydrogens (primary N) is 1. The molecule has 1 amide bonds. The standard InChI is InChI=1S/C14H19N3O2/c1-10-3-2-4-11(9-10)5-8-16-13(18)14(6-7-14)12(15)17-19/h2-4,9,19H,5-8H2,1H3,(H2,15,17)(H,16,18). The molecule has 0 unspecified atom stereocenters. The van der Waals surface area contributed by atoms with E-state index in [-0.39, 0.29) is 11.7 Å². The molecule has 102 valence electrons. The number of hydrogen-bond donors (Lipinski definition) is 3. The van der Waals surface area contributed by atoms with Gasteiger partial charge in [0.15, 0.2) is 5.84 Å². The van der Waals surface area contributed by atoms with Crippen molar-refractivity contribution in [2.24, 2.45) is 16.3 Å². The van der Waals surface area contributed by atoms with Gasteiger partial charge in [-0.25, -0.2) is 0 Å². The highest BCUT2D eigenvalue weighted by molar-refractivity contribution is 6.09. The zero-order valence-electron chi connectivity index (χ0n) is 11.0. The Hall–Kier alpha value is -2.04. The van der Waals surface area contributed by atoms with E-state index in [1.165, 1.54) is 11.1 Å². The van der Waals surface area contributed by atoms with Crippen LogP contribution in [0.15, 0.2) is 29.4 Å². The molecule has 1 aliphatic carbocycles. The van der Waals surface area contributed by atoms with Crippen LogP contribution in [-0.4, -0.2) is 23.5 Å². The monoisotopic (exact) mass is 261 g/mol. The second-order valence-electron chi connectivity index (χ2n) is 5.06. The highest BCUT2D eigenvalue weighted by Crippen LogP contribution is 2.45. The van der Waals surface area contributed by atoms with Crippen molar-refractivity contribution < 1.29 is 10.0 Å². The van der Waals surface area contributed by atoms with E-state index in [9.17, 15) is 4.79 Å². The Labute approximate surface area is 112 Å². The summed E-state index contributed by atoms with van der Waals surface area (Å²) in [7, 11) is 0. The van der Waals surface area contributed by atoms with Crippen LogP contribution in [0, 0.1) is 12.3 Å². The first kappa shape index (κ1) is 13.4. The lowest BCUT2D eigenvalue weighted by molar-refractivity contribution is -0.124. The van der Waals surface area contributed by atoms with E-state index in [0.29, 0.717) is 19.4 Å². The molecule has 0 atom stereocenters. The SMILES string of the molecule is Cc1cccc(CCNC(=O)C2(/C(N)=N/O)CC2)c1. The molecule has 19 heavy (non-hydrogen) atoms. The summed E-state index contributed by atoms with van der Waals surface area (Å²) >= 11 is 0. The Bertz CT molecular complexity index is 507. The summed E-state index contributed by atoms with van der Waals surface area (Å²) in [4.78, 5) is 12.0. The van der Waals surface area contributed by atoms with Crippen molar-refractivity contribution in [1.29, 1.82) is 0 Å². The molecule has 0 aromatic heterocycles. The van der Waals surface area contributed by atoms with Crippen LogP contribution in [0.1, 0.15) is 24.0 Å². The smallest absolute Gasteiger partial charge is 0.233 e. The second kappa shape index (κ2) is 5.30. The summed E-state index contributed by atoms with van der Waals surface area (Å²) < 4.78 is 0. The number of amidine groups is 1. The Morgan fingerprint density at radius 3 is 2.84 bits per heavy atom. The maximum absolute atomic E-state index is 12.0. The number of amides is 1. The van der Waals surface area contributed by atoms with Crippen molar-refractivity contribution in [3.8, 4) is 0 Å². The number of nitrogens with one attached hydrogen (secondary N) is 1. The molecular weight excluding hydrogens is 242 g/mol. The molecule has 2 rings (SSSR count). The van der Waals surface area contributed by atoms with E-state index >= 15 is 0 Å². The molecule has 0 heterocycles. The van der Waals surface area contributed by atoms with Gasteiger partial charge in [-0.2, -0.15) is 0 Å². The zero-order chi connectivity index (χ0) is 13.9. The van der Waals surface area contributed by atoms with Crippen molar-refractivity contribution >= 4 is 11.7 Å². The van der Waals surface area contributed by atoms with Crippen LogP contribution in [0.4, 0.5) is 0 Å². The third-order valence-electron chi connectivity index (χ3n) is 3.56. The maximum atomic E-state index is 12.0. The van der Waals surface area contributed by atoms with E-state index in [4.69, 9.17) is 10.9 Å². The normalized spacial score (nSPS) is 17.0. The molecule has 1 fully saturated rings. The summed E-state index contributed by atoms with van der Waals surface area (Å²) in [5, 5.41) is 14.5. The van der Waals surface area contributed by atoms with Gasteiger partial charge in [0.2, 0.25) is 5.91 Å². The topological polar surface area (TPSA) is 87.7 Å². The van der Waals surface area contributed by atoms with Gasteiger partial charge < -0.3 is 16.3 Å². The summed E-state index contributed by atoms with van der Waals surface area (Å²) in [5.74, 6) is -0.129. The Kier molecular flexibility index (Phi) is 3.74. The fraction of sp³-hybridized carbons (Fsp3) is 0.429. The van der Waals surface area contributed by atoms with Crippen molar-refractivity contribution in [2.45, 2.75) is 26.2 Å². The predicted molar refractivity (Wildman–Crippen MR) is 73.0 cm³/mol.